The van der Waals surface area contributed by atoms with Crippen molar-refractivity contribution in [3.05, 3.63) is 18.0 Å². The first kappa shape index (κ1) is 21.4. The average Bonchev–Trinajstić information content (AvgIpc) is 3.27. The Labute approximate surface area is 174 Å². The Morgan fingerprint density at radius 1 is 1.38 bits per heavy atom. The summed E-state index contributed by atoms with van der Waals surface area (Å²) in [4.78, 5) is 9.36. The van der Waals surface area contributed by atoms with E-state index in [2.05, 4.69) is 32.1 Å². The summed E-state index contributed by atoms with van der Waals surface area (Å²) in [6.07, 6.45) is 6.68. The van der Waals surface area contributed by atoms with Gasteiger partial charge in [0.25, 0.3) is 0 Å². The van der Waals surface area contributed by atoms with Gasteiger partial charge in [-0.15, -0.1) is 24.0 Å². The maximum Gasteiger partial charge on any atom is 0.193 e. The molecule has 1 aromatic heterocycles. The fourth-order valence-corrected chi connectivity index (χ4v) is 3.72. The number of morpholine rings is 1. The lowest BCUT2D eigenvalue weighted by Gasteiger charge is -2.35. The zero-order valence-corrected chi connectivity index (χ0v) is 18.6. The summed E-state index contributed by atoms with van der Waals surface area (Å²) < 4.78 is 7.76. The number of halogens is 1. The Bertz CT molecular complexity index is 572. The molecule has 0 aliphatic carbocycles. The molecule has 0 saturated carbocycles. The van der Waals surface area contributed by atoms with Crippen LogP contribution < -0.4 is 5.32 Å². The molecule has 0 amide bonds. The van der Waals surface area contributed by atoms with Crippen molar-refractivity contribution in [1.29, 1.82) is 0 Å². The van der Waals surface area contributed by atoms with Crippen molar-refractivity contribution < 1.29 is 4.74 Å². The van der Waals surface area contributed by atoms with E-state index in [9.17, 15) is 0 Å². The number of nitrogens with one attached hydrogen (secondary N) is 1. The minimum Gasteiger partial charge on any atom is -0.370 e. The van der Waals surface area contributed by atoms with Crippen LogP contribution in [0.4, 0.5) is 0 Å². The summed E-state index contributed by atoms with van der Waals surface area (Å²) >= 11 is 0. The topological polar surface area (TPSA) is 57.9 Å². The number of guanidine groups is 1. The van der Waals surface area contributed by atoms with Gasteiger partial charge in [0.1, 0.15) is 6.10 Å². The first-order chi connectivity index (χ1) is 12.2. The third-order valence-corrected chi connectivity index (χ3v) is 5.05. The molecule has 2 atom stereocenters. The Balaban J connectivity index is 0.00000243. The van der Waals surface area contributed by atoms with Crippen LogP contribution in [0.5, 0.6) is 0 Å². The highest BCUT2D eigenvalue weighted by Crippen LogP contribution is 2.21. The molecule has 26 heavy (non-hydrogen) atoms. The van der Waals surface area contributed by atoms with Crippen molar-refractivity contribution in [2.45, 2.75) is 25.9 Å². The summed E-state index contributed by atoms with van der Waals surface area (Å²) in [5, 5.41) is 7.82. The monoisotopic (exact) mass is 476 g/mol. The van der Waals surface area contributed by atoms with E-state index in [1.54, 1.807) is 0 Å². The van der Waals surface area contributed by atoms with Crippen LogP contribution in [0, 0.1) is 5.92 Å². The van der Waals surface area contributed by atoms with Gasteiger partial charge < -0.3 is 19.9 Å². The SMILES string of the molecule is CN=C(NCC(C)CN1CCCC1)N1CCOC(c2cnn(C)c2)C1.I. The quantitative estimate of drug-likeness (QED) is 0.399. The van der Waals surface area contributed by atoms with Gasteiger partial charge in [-0.1, -0.05) is 6.92 Å². The van der Waals surface area contributed by atoms with E-state index in [-0.39, 0.29) is 30.1 Å². The van der Waals surface area contributed by atoms with E-state index in [0.29, 0.717) is 12.5 Å². The zero-order chi connectivity index (χ0) is 17.6. The molecular formula is C18H33IN6O. The van der Waals surface area contributed by atoms with Gasteiger partial charge >= 0.3 is 0 Å². The summed E-state index contributed by atoms with van der Waals surface area (Å²) in [5.74, 6) is 1.59. The molecule has 1 N–H and O–H groups in total. The van der Waals surface area contributed by atoms with Crippen LogP contribution in [-0.4, -0.2) is 78.5 Å². The smallest absolute Gasteiger partial charge is 0.193 e. The second-order valence-electron chi connectivity index (χ2n) is 7.29. The molecule has 2 aliphatic heterocycles. The van der Waals surface area contributed by atoms with Crippen LogP contribution in [0.1, 0.15) is 31.4 Å². The second-order valence-corrected chi connectivity index (χ2v) is 7.29. The molecule has 8 heteroatoms. The summed E-state index contributed by atoms with van der Waals surface area (Å²) in [5.41, 5.74) is 1.13. The number of hydrogen-bond acceptors (Lipinski definition) is 4. The van der Waals surface area contributed by atoms with E-state index in [1.807, 2.05) is 31.2 Å². The van der Waals surface area contributed by atoms with Crippen LogP contribution in [0.15, 0.2) is 17.4 Å². The molecule has 0 radical (unpaired) electrons. The van der Waals surface area contributed by atoms with Gasteiger partial charge in [0.05, 0.1) is 19.3 Å². The number of hydrogen-bond donors (Lipinski definition) is 1. The van der Waals surface area contributed by atoms with Crippen molar-refractivity contribution in [3.63, 3.8) is 0 Å². The van der Waals surface area contributed by atoms with E-state index < -0.39 is 0 Å². The second kappa shape index (κ2) is 10.5. The van der Waals surface area contributed by atoms with Crippen LogP contribution in [-0.2, 0) is 11.8 Å². The molecular weight excluding hydrogens is 443 g/mol. The lowest BCUT2D eigenvalue weighted by atomic mass is 10.1. The predicted molar refractivity (Wildman–Crippen MR) is 115 cm³/mol. The van der Waals surface area contributed by atoms with Crippen molar-refractivity contribution in [2.75, 3.05) is 52.9 Å². The van der Waals surface area contributed by atoms with Crippen LogP contribution in [0.2, 0.25) is 0 Å². The van der Waals surface area contributed by atoms with Gasteiger partial charge in [-0.2, -0.15) is 5.10 Å². The first-order valence-corrected chi connectivity index (χ1v) is 9.44. The number of aromatic nitrogens is 2. The maximum atomic E-state index is 5.93. The van der Waals surface area contributed by atoms with Crippen LogP contribution in [0.25, 0.3) is 0 Å². The summed E-state index contributed by atoms with van der Waals surface area (Å²) in [7, 11) is 3.80. The highest BCUT2D eigenvalue weighted by Gasteiger charge is 2.25. The standard InChI is InChI=1S/C18H32N6O.HI/c1-15(12-23-6-4-5-7-23)10-20-18(19-2)24-8-9-25-17(14-24)16-11-21-22(3)13-16;/h11,13,15,17H,4-10,12,14H2,1-3H3,(H,19,20);1H. The Kier molecular flexibility index (Phi) is 8.62. The first-order valence-electron chi connectivity index (χ1n) is 9.44. The molecule has 7 nitrogen and oxygen atoms in total. The van der Waals surface area contributed by atoms with Gasteiger partial charge in [-0.3, -0.25) is 9.67 Å². The number of aryl methyl sites for hydroxylation is 1. The molecule has 148 valence electrons. The lowest BCUT2D eigenvalue weighted by molar-refractivity contribution is -0.00808. The molecule has 0 aromatic carbocycles. The molecule has 0 bridgehead atoms. The number of likely N-dealkylation sites (tertiary alicyclic amines) is 1. The largest absolute Gasteiger partial charge is 0.370 e. The minimum absolute atomic E-state index is 0. The minimum atomic E-state index is 0. The molecule has 2 unspecified atom stereocenters. The fraction of sp³-hybridized carbons (Fsp3) is 0.778. The third-order valence-electron chi connectivity index (χ3n) is 5.05. The Morgan fingerprint density at radius 3 is 2.81 bits per heavy atom. The fourth-order valence-electron chi connectivity index (χ4n) is 3.72. The molecule has 2 aliphatic rings. The normalized spacial score (nSPS) is 23.0. The number of nitrogens with zero attached hydrogens (tertiary/aromatic N) is 5. The van der Waals surface area contributed by atoms with Crippen molar-refractivity contribution >= 4 is 29.9 Å². The number of rotatable bonds is 5. The van der Waals surface area contributed by atoms with E-state index in [4.69, 9.17) is 4.74 Å². The van der Waals surface area contributed by atoms with Gasteiger partial charge in [-0.25, -0.2) is 0 Å². The lowest BCUT2D eigenvalue weighted by Crippen LogP contribution is -2.49. The summed E-state index contributed by atoms with van der Waals surface area (Å²) in [6.45, 7) is 9.36. The molecule has 2 fully saturated rings. The van der Waals surface area contributed by atoms with E-state index >= 15 is 0 Å². The predicted octanol–water partition coefficient (Wildman–Crippen LogP) is 1.72. The maximum absolute atomic E-state index is 5.93. The molecule has 0 spiro atoms. The molecule has 3 rings (SSSR count). The van der Waals surface area contributed by atoms with Gasteiger partial charge in [0.15, 0.2) is 5.96 Å². The molecule has 3 heterocycles. The zero-order valence-electron chi connectivity index (χ0n) is 16.2. The number of aliphatic imine (C=N–C) groups is 1. The Hall–Kier alpha value is -0.870. The van der Waals surface area contributed by atoms with Crippen molar-refractivity contribution in [3.8, 4) is 0 Å². The van der Waals surface area contributed by atoms with Crippen LogP contribution >= 0.6 is 24.0 Å². The highest BCUT2D eigenvalue weighted by atomic mass is 127. The Morgan fingerprint density at radius 2 is 2.15 bits per heavy atom. The van der Waals surface area contributed by atoms with E-state index in [1.165, 1.54) is 32.5 Å². The average molecular weight is 476 g/mol. The van der Waals surface area contributed by atoms with Crippen molar-refractivity contribution in [1.82, 2.24) is 24.9 Å². The third kappa shape index (κ3) is 5.82. The molecule has 2 saturated heterocycles. The van der Waals surface area contributed by atoms with E-state index in [0.717, 1.165) is 31.2 Å². The molecule has 1 aromatic rings. The van der Waals surface area contributed by atoms with Gasteiger partial charge in [0.2, 0.25) is 0 Å². The van der Waals surface area contributed by atoms with Gasteiger partial charge in [0, 0.05) is 45.5 Å². The van der Waals surface area contributed by atoms with Crippen molar-refractivity contribution in [2.24, 2.45) is 18.0 Å². The van der Waals surface area contributed by atoms with Gasteiger partial charge in [-0.05, 0) is 31.8 Å². The summed E-state index contributed by atoms with van der Waals surface area (Å²) in [6, 6.07) is 0. The number of ether oxygens (including phenoxy) is 1. The van der Waals surface area contributed by atoms with Crippen LogP contribution in [0.3, 0.4) is 0 Å². The highest BCUT2D eigenvalue weighted by molar-refractivity contribution is 14.0.